The zero-order valence-electron chi connectivity index (χ0n) is 13.2. The fourth-order valence-corrected chi connectivity index (χ4v) is 2.76. The lowest BCUT2D eigenvalue weighted by Gasteiger charge is -2.32. The van der Waals surface area contributed by atoms with Crippen LogP contribution in [0.1, 0.15) is 38.7 Å². The number of hydrogen-bond donors (Lipinski definition) is 1. The van der Waals surface area contributed by atoms with Crippen LogP contribution in [0.2, 0.25) is 0 Å². The van der Waals surface area contributed by atoms with E-state index in [1.807, 2.05) is 19.1 Å². The Morgan fingerprint density at radius 2 is 2.19 bits per heavy atom. The monoisotopic (exact) mass is 293 g/mol. The Morgan fingerprint density at radius 3 is 2.90 bits per heavy atom. The number of benzene rings is 1. The van der Waals surface area contributed by atoms with Gasteiger partial charge in [-0.25, -0.2) is 0 Å². The second-order valence-corrected chi connectivity index (χ2v) is 5.59. The Kier molecular flexibility index (Phi) is 6.33. The van der Waals surface area contributed by atoms with Crippen molar-refractivity contribution in [2.24, 2.45) is 0 Å². The van der Waals surface area contributed by atoms with Gasteiger partial charge in [0.15, 0.2) is 0 Å². The first-order valence-electron chi connectivity index (χ1n) is 8.01. The largest absolute Gasteiger partial charge is 0.507 e. The van der Waals surface area contributed by atoms with Gasteiger partial charge in [0.05, 0.1) is 12.7 Å². The fourth-order valence-electron chi connectivity index (χ4n) is 2.76. The summed E-state index contributed by atoms with van der Waals surface area (Å²) in [6.07, 6.45) is 3.59. The topological polar surface area (TPSA) is 41.9 Å². The summed E-state index contributed by atoms with van der Waals surface area (Å²) < 4.78 is 11.3. The average molecular weight is 293 g/mol. The number of piperidine rings is 1. The standard InChI is InChI=1S/C17H27NO3/c1-3-10-21-15-8-7-14(17(19)11-15)12-18-9-5-6-16(13-18)20-4-2/h7-8,11,16,19H,3-6,9-10,12-13H2,1-2H3. The Bertz CT molecular complexity index is 434. The minimum Gasteiger partial charge on any atom is -0.507 e. The quantitative estimate of drug-likeness (QED) is 0.838. The number of hydrogen-bond acceptors (Lipinski definition) is 4. The highest BCUT2D eigenvalue weighted by Gasteiger charge is 2.20. The normalized spacial score (nSPS) is 19.6. The molecular weight excluding hydrogens is 266 g/mol. The summed E-state index contributed by atoms with van der Waals surface area (Å²) in [4.78, 5) is 2.35. The van der Waals surface area contributed by atoms with Crippen molar-refractivity contribution in [2.75, 3.05) is 26.3 Å². The van der Waals surface area contributed by atoms with E-state index in [1.54, 1.807) is 6.07 Å². The minimum absolute atomic E-state index is 0.321. The van der Waals surface area contributed by atoms with Crippen LogP contribution in [0, 0.1) is 0 Å². The molecule has 2 rings (SSSR count). The molecule has 1 saturated heterocycles. The zero-order chi connectivity index (χ0) is 15.1. The number of phenols is 1. The number of likely N-dealkylation sites (tertiary alicyclic amines) is 1. The van der Waals surface area contributed by atoms with Gasteiger partial charge >= 0.3 is 0 Å². The summed E-state index contributed by atoms with van der Waals surface area (Å²) in [7, 11) is 0. The van der Waals surface area contributed by atoms with Crippen LogP contribution in [0.15, 0.2) is 18.2 Å². The number of ether oxygens (including phenoxy) is 2. The van der Waals surface area contributed by atoms with Gasteiger partial charge < -0.3 is 14.6 Å². The lowest BCUT2D eigenvalue weighted by molar-refractivity contribution is 0.00345. The van der Waals surface area contributed by atoms with Crippen LogP contribution in [-0.2, 0) is 11.3 Å². The molecule has 1 unspecified atom stereocenters. The second kappa shape index (κ2) is 8.25. The van der Waals surface area contributed by atoms with E-state index in [0.29, 0.717) is 18.5 Å². The van der Waals surface area contributed by atoms with Crippen molar-refractivity contribution in [1.29, 1.82) is 0 Å². The lowest BCUT2D eigenvalue weighted by atomic mass is 10.1. The molecule has 1 N–H and O–H groups in total. The fraction of sp³-hybridized carbons (Fsp3) is 0.647. The molecule has 1 aromatic rings. The van der Waals surface area contributed by atoms with E-state index in [-0.39, 0.29) is 0 Å². The maximum atomic E-state index is 10.2. The van der Waals surface area contributed by atoms with E-state index >= 15 is 0 Å². The Balaban J connectivity index is 1.92. The molecule has 1 atom stereocenters. The van der Waals surface area contributed by atoms with Gasteiger partial charge in [0.25, 0.3) is 0 Å². The van der Waals surface area contributed by atoms with Gasteiger partial charge in [-0.1, -0.05) is 13.0 Å². The Hall–Kier alpha value is -1.26. The maximum absolute atomic E-state index is 10.2. The van der Waals surface area contributed by atoms with Crippen LogP contribution < -0.4 is 4.74 Å². The average Bonchev–Trinajstić information content (AvgIpc) is 2.48. The first kappa shape index (κ1) is 16.1. The number of aromatic hydroxyl groups is 1. The zero-order valence-corrected chi connectivity index (χ0v) is 13.2. The molecule has 4 nitrogen and oxygen atoms in total. The van der Waals surface area contributed by atoms with Crippen molar-refractivity contribution >= 4 is 0 Å². The van der Waals surface area contributed by atoms with Gasteiger partial charge in [0.2, 0.25) is 0 Å². The van der Waals surface area contributed by atoms with Gasteiger partial charge in [0.1, 0.15) is 11.5 Å². The number of phenolic OH excluding ortho intramolecular Hbond substituents is 1. The van der Waals surface area contributed by atoms with Crippen LogP contribution >= 0.6 is 0 Å². The van der Waals surface area contributed by atoms with E-state index in [4.69, 9.17) is 9.47 Å². The summed E-state index contributed by atoms with van der Waals surface area (Å²) in [5.41, 5.74) is 0.955. The third-order valence-corrected chi connectivity index (χ3v) is 3.79. The molecule has 21 heavy (non-hydrogen) atoms. The van der Waals surface area contributed by atoms with E-state index in [2.05, 4.69) is 11.8 Å². The van der Waals surface area contributed by atoms with Gasteiger partial charge in [0, 0.05) is 31.3 Å². The maximum Gasteiger partial charge on any atom is 0.123 e. The molecule has 1 aromatic carbocycles. The van der Waals surface area contributed by atoms with Gasteiger partial charge in [-0.2, -0.15) is 0 Å². The van der Waals surface area contributed by atoms with Crippen molar-refractivity contribution in [3.63, 3.8) is 0 Å². The summed E-state index contributed by atoms with van der Waals surface area (Å²) in [6.45, 7) is 8.34. The van der Waals surface area contributed by atoms with Crippen molar-refractivity contribution < 1.29 is 14.6 Å². The van der Waals surface area contributed by atoms with Crippen LogP contribution in [0.25, 0.3) is 0 Å². The third-order valence-electron chi connectivity index (χ3n) is 3.79. The van der Waals surface area contributed by atoms with E-state index in [0.717, 1.165) is 56.8 Å². The van der Waals surface area contributed by atoms with Gasteiger partial charge in [-0.05, 0) is 38.8 Å². The molecule has 0 radical (unpaired) electrons. The van der Waals surface area contributed by atoms with E-state index in [9.17, 15) is 5.11 Å². The van der Waals surface area contributed by atoms with Crippen molar-refractivity contribution in [3.8, 4) is 11.5 Å². The predicted octanol–water partition coefficient (Wildman–Crippen LogP) is 3.18. The van der Waals surface area contributed by atoms with Crippen molar-refractivity contribution in [2.45, 2.75) is 45.8 Å². The molecule has 0 bridgehead atoms. The van der Waals surface area contributed by atoms with Crippen LogP contribution in [-0.4, -0.2) is 42.4 Å². The SMILES string of the molecule is CCCOc1ccc(CN2CCCC(OCC)C2)c(O)c1. The predicted molar refractivity (Wildman–Crippen MR) is 83.8 cm³/mol. The highest BCUT2D eigenvalue weighted by Crippen LogP contribution is 2.26. The molecule has 0 amide bonds. The Morgan fingerprint density at radius 1 is 1.33 bits per heavy atom. The highest BCUT2D eigenvalue weighted by atomic mass is 16.5. The van der Waals surface area contributed by atoms with E-state index < -0.39 is 0 Å². The molecule has 1 aliphatic rings. The van der Waals surface area contributed by atoms with Crippen LogP contribution in [0.4, 0.5) is 0 Å². The number of nitrogens with zero attached hydrogens (tertiary/aromatic N) is 1. The molecule has 1 heterocycles. The van der Waals surface area contributed by atoms with Gasteiger partial charge in [-0.3, -0.25) is 4.90 Å². The van der Waals surface area contributed by atoms with Gasteiger partial charge in [-0.15, -0.1) is 0 Å². The number of rotatable bonds is 7. The van der Waals surface area contributed by atoms with Crippen molar-refractivity contribution in [3.05, 3.63) is 23.8 Å². The molecular formula is C17H27NO3. The summed E-state index contributed by atoms with van der Waals surface area (Å²) in [5, 5.41) is 10.2. The van der Waals surface area contributed by atoms with Crippen molar-refractivity contribution in [1.82, 2.24) is 4.90 Å². The molecule has 0 aromatic heterocycles. The molecule has 4 heteroatoms. The first-order valence-corrected chi connectivity index (χ1v) is 8.01. The van der Waals surface area contributed by atoms with Crippen LogP contribution in [0.3, 0.4) is 0 Å². The Labute approximate surface area is 127 Å². The summed E-state index contributed by atoms with van der Waals surface area (Å²) >= 11 is 0. The molecule has 0 aliphatic carbocycles. The van der Waals surface area contributed by atoms with E-state index in [1.165, 1.54) is 0 Å². The second-order valence-electron chi connectivity index (χ2n) is 5.59. The van der Waals surface area contributed by atoms with Crippen LogP contribution in [0.5, 0.6) is 11.5 Å². The molecule has 0 saturated carbocycles. The first-order chi connectivity index (χ1) is 10.2. The molecule has 118 valence electrons. The third kappa shape index (κ3) is 4.90. The minimum atomic E-state index is 0.321. The highest BCUT2D eigenvalue weighted by molar-refractivity contribution is 5.39. The summed E-state index contributed by atoms with van der Waals surface area (Å²) in [5.74, 6) is 1.06. The smallest absolute Gasteiger partial charge is 0.123 e. The molecule has 1 aliphatic heterocycles. The molecule has 0 spiro atoms. The summed E-state index contributed by atoms with van der Waals surface area (Å²) in [6, 6.07) is 5.62. The molecule has 1 fully saturated rings. The lowest BCUT2D eigenvalue weighted by Crippen LogP contribution is -2.39.